The van der Waals surface area contributed by atoms with E-state index in [9.17, 15) is 4.79 Å². The van der Waals surface area contributed by atoms with Gasteiger partial charge >= 0.3 is 0 Å². The van der Waals surface area contributed by atoms with Gasteiger partial charge in [0.05, 0.1) is 6.42 Å². The molecule has 0 spiro atoms. The number of benzene rings is 1. The summed E-state index contributed by atoms with van der Waals surface area (Å²) in [6, 6.07) is 8.15. The first-order valence-corrected chi connectivity index (χ1v) is 8.28. The lowest BCUT2D eigenvalue weighted by molar-refractivity contribution is -0.128. The monoisotopic (exact) mass is 289 g/mol. The SMILES string of the molecule is O=C(Cc1ccc(CCCCC2CCCCC2)cc1)NO. The van der Waals surface area contributed by atoms with Crippen molar-refractivity contribution in [2.45, 2.75) is 64.2 Å². The van der Waals surface area contributed by atoms with Gasteiger partial charge in [-0.15, -0.1) is 0 Å². The van der Waals surface area contributed by atoms with Gasteiger partial charge in [-0.3, -0.25) is 10.0 Å². The molecule has 0 radical (unpaired) electrons. The first-order chi connectivity index (χ1) is 10.3. The van der Waals surface area contributed by atoms with Crippen molar-refractivity contribution in [2.24, 2.45) is 5.92 Å². The van der Waals surface area contributed by atoms with E-state index in [0.717, 1.165) is 17.9 Å². The van der Waals surface area contributed by atoms with E-state index in [0.29, 0.717) is 0 Å². The number of carbonyl (C=O) groups is 1. The molecule has 1 saturated carbocycles. The zero-order valence-corrected chi connectivity index (χ0v) is 12.8. The molecule has 116 valence electrons. The fraction of sp³-hybridized carbons (Fsp3) is 0.611. The van der Waals surface area contributed by atoms with Crippen molar-refractivity contribution in [2.75, 3.05) is 0 Å². The van der Waals surface area contributed by atoms with Crippen LogP contribution in [-0.4, -0.2) is 11.1 Å². The molecule has 0 atom stereocenters. The normalized spacial score (nSPS) is 15.9. The molecule has 1 aliphatic rings. The topological polar surface area (TPSA) is 49.3 Å². The van der Waals surface area contributed by atoms with Crippen molar-refractivity contribution < 1.29 is 10.0 Å². The minimum Gasteiger partial charge on any atom is -0.289 e. The maximum absolute atomic E-state index is 11.1. The Morgan fingerprint density at radius 3 is 2.38 bits per heavy atom. The van der Waals surface area contributed by atoms with E-state index < -0.39 is 0 Å². The number of unbranched alkanes of at least 4 members (excludes halogenated alkanes) is 1. The number of hydroxylamine groups is 1. The molecule has 1 amide bonds. The summed E-state index contributed by atoms with van der Waals surface area (Å²) in [5.41, 5.74) is 3.94. The third-order valence-electron chi connectivity index (χ3n) is 4.56. The summed E-state index contributed by atoms with van der Waals surface area (Å²) in [7, 11) is 0. The Morgan fingerprint density at radius 2 is 1.71 bits per heavy atom. The van der Waals surface area contributed by atoms with Crippen molar-refractivity contribution in [3.8, 4) is 0 Å². The maximum atomic E-state index is 11.1. The van der Waals surface area contributed by atoms with Crippen LogP contribution in [0.5, 0.6) is 0 Å². The van der Waals surface area contributed by atoms with Crippen LogP contribution in [0.25, 0.3) is 0 Å². The van der Waals surface area contributed by atoms with Gasteiger partial charge in [0.1, 0.15) is 0 Å². The molecule has 1 fully saturated rings. The quantitative estimate of drug-likeness (QED) is 0.452. The van der Waals surface area contributed by atoms with Crippen LogP contribution in [0, 0.1) is 5.92 Å². The highest BCUT2D eigenvalue weighted by molar-refractivity contribution is 5.77. The van der Waals surface area contributed by atoms with Crippen LogP contribution in [0.3, 0.4) is 0 Å². The molecule has 2 N–H and O–H groups in total. The number of rotatable bonds is 7. The third-order valence-corrected chi connectivity index (χ3v) is 4.56. The van der Waals surface area contributed by atoms with E-state index in [1.165, 1.54) is 56.9 Å². The van der Waals surface area contributed by atoms with Crippen molar-refractivity contribution in [3.05, 3.63) is 35.4 Å². The van der Waals surface area contributed by atoms with Crippen LogP contribution in [0.15, 0.2) is 24.3 Å². The standard InChI is InChI=1S/C18H27NO2/c20-18(19-21)14-17-12-10-16(11-13-17)9-5-4-8-15-6-2-1-3-7-15/h10-13,15,21H,1-9,14H2,(H,19,20). The minimum absolute atomic E-state index is 0.235. The number of hydrogen-bond acceptors (Lipinski definition) is 2. The Hall–Kier alpha value is -1.35. The molecule has 1 aliphatic carbocycles. The zero-order chi connectivity index (χ0) is 14.9. The fourth-order valence-corrected chi connectivity index (χ4v) is 3.29. The van der Waals surface area contributed by atoms with Gasteiger partial charge in [0, 0.05) is 0 Å². The highest BCUT2D eigenvalue weighted by Crippen LogP contribution is 2.27. The van der Waals surface area contributed by atoms with Crippen molar-refractivity contribution >= 4 is 5.91 Å². The number of amides is 1. The molecule has 2 rings (SSSR count). The predicted molar refractivity (Wildman–Crippen MR) is 84.2 cm³/mol. The van der Waals surface area contributed by atoms with Crippen LogP contribution in [-0.2, 0) is 17.6 Å². The van der Waals surface area contributed by atoms with Crippen LogP contribution in [0.4, 0.5) is 0 Å². The van der Waals surface area contributed by atoms with E-state index in [2.05, 4.69) is 12.1 Å². The van der Waals surface area contributed by atoms with Crippen LogP contribution in [0.2, 0.25) is 0 Å². The summed E-state index contributed by atoms with van der Waals surface area (Å²) in [6.07, 6.45) is 12.6. The Labute approximate surface area is 127 Å². The fourth-order valence-electron chi connectivity index (χ4n) is 3.29. The lowest BCUT2D eigenvalue weighted by atomic mass is 9.85. The molecule has 0 aromatic heterocycles. The largest absolute Gasteiger partial charge is 0.289 e. The van der Waals surface area contributed by atoms with Gasteiger partial charge in [-0.2, -0.15) is 0 Å². The average Bonchev–Trinajstić information content (AvgIpc) is 2.54. The predicted octanol–water partition coefficient (Wildman–Crippen LogP) is 4.03. The van der Waals surface area contributed by atoms with Crippen LogP contribution >= 0.6 is 0 Å². The second kappa shape index (κ2) is 8.83. The lowest BCUT2D eigenvalue weighted by Gasteiger charge is -2.21. The Bertz CT molecular complexity index is 421. The Balaban J connectivity index is 1.65. The molecule has 0 bridgehead atoms. The minimum atomic E-state index is -0.366. The van der Waals surface area contributed by atoms with Crippen molar-refractivity contribution in [1.82, 2.24) is 5.48 Å². The van der Waals surface area contributed by atoms with Crippen LogP contribution < -0.4 is 5.48 Å². The van der Waals surface area contributed by atoms with Crippen LogP contribution in [0.1, 0.15) is 62.5 Å². The zero-order valence-electron chi connectivity index (χ0n) is 12.8. The average molecular weight is 289 g/mol. The number of hydrogen-bond donors (Lipinski definition) is 2. The summed E-state index contributed by atoms with van der Waals surface area (Å²) >= 11 is 0. The van der Waals surface area contributed by atoms with Gasteiger partial charge in [-0.1, -0.05) is 69.2 Å². The number of carbonyl (C=O) groups excluding carboxylic acids is 1. The molecule has 1 aromatic rings. The summed E-state index contributed by atoms with van der Waals surface area (Å²) in [5, 5.41) is 8.50. The van der Waals surface area contributed by atoms with Gasteiger partial charge < -0.3 is 0 Å². The first kappa shape index (κ1) is 16.0. The molecule has 1 aromatic carbocycles. The molecule has 3 nitrogen and oxygen atoms in total. The maximum Gasteiger partial charge on any atom is 0.247 e. The molecular formula is C18H27NO2. The summed E-state index contributed by atoms with van der Waals surface area (Å²) in [4.78, 5) is 11.1. The highest BCUT2D eigenvalue weighted by Gasteiger charge is 2.12. The summed E-state index contributed by atoms with van der Waals surface area (Å²) in [6.45, 7) is 0. The van der Waals surface area contributed by atoms with E-state index in [4.69, 9.17) is 5.21 Å². The van der Waals surface area contributed by atoms with E-state index >= 15 is 0 Å². The second-order valence-electron chi connectivity index (χ2n) is 6.28. The molecule has 0 saturated heterocycles. The Morgan fingerprint density at radius 1 is 1.05 bits per heavy atom. The van der Waals surface area contributed by atoms with Gasteiger partial charge in [0.15, 0.2) is 0 Å². The van der Waals surface area contributed by atoms with Gasteiger partial charge in [-0.05, 0) is 29.9 Å². The smallest absolute Gasteiger partial charge is 0.247 e. The number of aryl methyl sites for hydroxylation is 1. The molecule has 0 aliphatic heterocycles. The molecular weight excluding hydrogens is 262 g/mol. The summed E-state index contributed by atoms with van der Waals surface area (Å²) < 4.78 is 0. The second-order valence-corrected chi connectivity index (χ2v) is 6.28. The van der Waals surface area contributed by atoms with Crippen molar-refractivity contribution in [3.63, 3.8) is 0 Å². The highest BCUT2D eigenvalue weighted by atomic mass is 16.5. The third kappa shape index (κ3) is 5.88. The molecule has 0 heterocycles. The lowest BCUT2D eigenvalue weighted by Crippen LogP contribution is -2.20. The summed E-state index contributed by atoms with van der Waals surface area (Å²) in [5.74, 6) is 0.619. The van der Waals surface area contributed by atoms with Crippen molar-refractivity contribution in [1.29, 1.82) is 0 Å². The number of nitrogens with one attached hydrogen (secondary N) is 1. The molecule has 3 heteroatoms. The van der Waals surface area contributed by atoms with Gasteiger partial charge in [0.25, 0.3) is 0 Å². The first-order valence-electron chi connectivity index (χ1n) is 8.28. The van der Waals surface area contributed by atoms with E-state index in [-0.39, 0.29) is 12.3 Å². The van der Waals surface area contributed by atoms with Gasteiger partial charge in [-0.25, -0.2) is 5.48 Å². The Kier molecular flexibility index (Phi) is 6.74. The van der Waals surface area contributed by atoms with E-state index in [1.807, 2.05) is 12.1 Å². The van der Waals surface area contributed by atoms with Gasteiger partial charge in [0.2, 0.25) is 5.91 Å². The molecule has 0 unspecified atom stereocenters. The molecule has 21 heavy (non-hydrogen) atoms. The van der Waals surface area contributed by atoms with E-state index in [1.54, 1.807) is 5.48 Å².